The van der Waals surface area contributed by atoms with Crippen molar-refractivity contribution in [2.45, 2.75) is 24.3 Å². The Labute approximate surface area is 166 Å². The zero-order chi connectivity index (χ0) is 19.7. The van der Waals surface area contributed by atoms with Crippen LogP contribution in [0.15, 0.2) is 27.9 Å². The number of halogens is 1. The topological polar surface area (TPSA) is 82.1 Å². The number of thioether (sulfide) groups is 1. The second-order valence-electron chi connectivity index (χ2n) is 6.62. The highest BCUT2D eigenvalue weighted by Crippen LogP contribution is 2.34. The van der Waals surface area contributed by atoms with Gasteiger partial charge in [-0.3, -0.25) is 4.57 Å². The fourth-order valence-corrected chi connectivity index (χ4v) is 3.75. The average Bonchev–Trinajstić information content (AvgIpc) is 3.33. The molecule has 0 spiro atoms. The van der Waals surface area contributed by atoms with Crippen molar-refractivity contribution >= 4 is 17.7 Å². The summed E-state index contributed by atoms with van der Waals surface area (Å²) in [4.78, 5) is 6.58. The van der Waals surface area contributed by atoms with E-state index in [1.807, 2.05) is 18.5 Å². The third kappa shape index (κ3) is 3.74. The molecule has 0 amide bonds. The van der Waals surface area contributed by atoms with Gasteiger partial charge in [0.05, 0.1) is 18.5 Å². The van der Waals surface area contributed by atoms with E-state index < -0.39 is 0 Å². The highest BCUT2D eigenvalue weighted by atomic mass is 32.2. The molecule has 0 aliphatic carbocycles. The first kappa shape index (κ1) is 18.9. The van der Waals surface area contributed by atoms with E-state index in [1.54, 1.807) is 19.1 Å². The lowest BCUT2D eigenvalue weighted by atomic mass is 10.1. The normalized spacial score (nSPS) is 15.8. The highest BCUT2D eigenvalue weighted by Gasteiger charge is 2.23. The molecule has 10 heteroatoms. The summed E-state index contributed by atoms with van der Waals surface area (Å²) in [6.07, 6.45) is 0. The zero-order valence-corrected chi connectivity index (χ0v) is 16.7. The van der Waals surface area contributed by atoms with Gasteiger partial charge in [0.15, 0.2) is 5.16 Å². The van der Waals surface area contributed by atoms with E-state index in [9.17, 15) is 4.39 Å². The fourth-order valence-electron chi connectivity index (χ4n) is 2.91. The van der Waals surface area contributed by atoms with Gasteiger partial charge < -0.3 is 14.2 Å². The predicted molar refractivity (Wildman–Crippen MR) is 103 cm³/mol. The Morgan fingerprint density at radius 3 is 2.75 bits per heavy atom. The second kappa shape index (κ2) is 7.88. The van der Waals surface area contributed by atoms with Crippen molar-refractivity contribution in [3.8, 4) is 11.4 Å². The van der Waals surface area contributed by atoms with Crippen LogP contribution in [-0.4, -0.2) is 51.2 Å². The number of anilines is 1. The molecule has 1 saturated heterocycles. The van der Waals surface area contributed by atoms with Crippen LogP contribution in [0.25, 0.3) is 11.4 Å². The Morgan fingerprint density at radius 2 is 2.00 bits per heavy atom. The van der Waals surface area contributed by atoms with E-state index >= 15 is 0 Å². The lowest BCUT2D eigenvalue weighted by molar-refractivity contribution is 0.121. The van der Waals surface area contributed by atoms with Gasteiger partial charge in [0.25, 0.3) is 0 Å². The van der Waals surface area contributed by atoms with Crippen molar-refractivity contribution in [3.05, 3.63) is 35.5 Å². The predicted octanol–water partition coefficient (Wildman–Crippen LogP) is 3.00. The number of nitrogens with zero attached hydrogens (tertiary/aromatic N) is 6. The lowest BCUT2D eigenvalue weighted by Crippen LogP contribution is -2.37. The molecule has 4 rings (SSSR count). The van der Waals surface area contributed by atoms with Gasteiger partial charge in [-0.05, 0) is 25.5 Å². The molecule has 8 nitrogen and oxygen atoms in total. The van der Waals surface area contributed by atoms with Crippen LogP contribution in [-0.2, 0) is 11.8 Å². The molecular formula is C18H21FN6O2S. The largest absolute Gasteiger partial charge is 0.378 e. The van der Waals surface area contributed by atoms with Crippen LogP contribution in [0.5, 0.6) is 0 Å². The Balaban J connectivity index is 1.48. The summed E-state index contributed by atoms with van der Waals surface area (Å²) in [7, 11) is 1.94. The van der Waals surface area contributed by atoms with Gasteiger partial charge in [0.1, 0.15) is 5.82 Å². The fraction of sp³-hybridized carbons (Fsp3) is 0.444. The molecule has 0 bridgehead atoms. The molecule has 1 fully saturated rings. The third-order valence-electron chi connectivity index (χ3n) is 4.61. The maximum absolute atomic E-state index is 13.8. The zero-order valence-electron chi connectivity index (χ0n) is 15.9. The van der Waals surface area contributed by atoms with Gasteiger partial charge in [0, 0.05) is 25.7 Å². The number of hydrogen-bond acceptors (Lipinski definition) is 8. The van der Waals surface area contributed by atoms with Gasteiger partial charge in [-0.15, -0.1) is 10.2 Å². The molecule has 1 atom stereocenters. The molecule has 1 aromatic carbocycles. The monoisotopic (exact) mass is 404 g/mol. The molecule has 1 unspecified atom stereocenters. The summed E-state index contributed by atoms with van der Waals surface area (Å²) in [6.45, 7) is 6.65. The Bertz CT molecular complexity index is 969. The van der Waals surface area contributed by atoms with Crippen molar-refractivity contribution in [2.24, 2.45) is 7.05 Å². The highest BCUT2D eigenvalue weighted by molar-refractivity contribution is 7.99. The van der Waals surface area contributed by atoms with Crippen molar-refractivity contribution in [1.82, 2.24) is 24.9 Å². The van der Waals surface area contributed by atoms with E-state index in [4.69, 9.17) is 9.26 Å². The van der Waals surface area contributed by atoms with E-state index in [2.05, 4.69) is 25.2 Å². The number of aromatic nitrogens is 5. The molecule has 1 aliphatic heterocycles. The third-order valence-corrected chi connectivity index (χ3v) is 5.73. The van der Waals surface area contributed by atoms with E-state index in [0.29, 0.717) is 36.1 Å². The minimum absolute atomic E-state index is 0.128. The number of aryl methyl sites for hydroxylation is 1. The first-order chi connectivity index (χ1) is 13.5. The molecule has 3 heterocycles. The van der Waals surface area contributed by atoms with Gasteiger partial charge in [-0.2, -0.15) is 4.98 Å². The quantitative estimate of drug-likeness (QED) is 0.600. The van der Waals surface area contributed by atoms with Crippen LogP contribution in [0.1, 0.15) is 23.6 Å². The van der Waals surface area contributed by atoms with Crippen molar-refractivity contribution in [2.75, 3.05) is 31.2 Å². The van der Waals surface area contributed by atoms with Crippen LogP contribution in [0.4, 0.5) is 10.3 Å². The van der Waals surface area contributed by atoms with Gasteiger partial charge in [0.2, 0.25) is 17.7 Å². The Hall–Kier alpha value is -2.46. The molecule has 0 saturated carbocycles. The number of hydrogen-bond donors (Lipinski definition) is 0. The number of rotatable bonds is 5. The van der Waals surface area contributed by atoms with E-state index in [1.165, 1.54) is 17.8 Å². The molecule has 0 radical (unpaired) electrons. The average molecular weight is 404 g/mol. The summed E-state index contributed by atoms with van der Waals surface area (Å²) >= 11 is 1.48. The maximum atomic E-state index is 13.8. The lowest BCUT2D eigenvalue weighted by Gasteiger charge is -2.27. The van der Waals surface area contributed by atoms with Crippen molar-refractivity contribution in [1.29, 1.82) is 0 Å². The van der Waals surface area contributed by atoms with Crippen LogP contribution >= 0.6 is 11.8 Å². The summed E-state index contributed by atoms with van der Waals surface area (Å²) < 4.78 is 26.5. The van der Waals surface area contributed by atoms with Crippen LogP contribution in [0.2, 0.25) is 0 Å². The molecular weight excluding hydrogens is 383 g/mol. The Morgan fingerprint density at radius 1 is 1.21 bits per heavy atom. The molecule has 2 aromatic heterocycles. The summed E-state index contributed by atoms with van der Waals surface area (Å²) in [5, 5.41) is 13.2. The van der Waals surface area contributed by atoms with E-state index in [-0.39, 0.29) is 11.1 Å². The molecule has 148 valence electrons. The molecule has 0 N–H and O–H groups in total. The summed E-state index contributed by atoms with van der Waals surface area (Å²) in [5.41, 5.74) is 1.17. The minimum atomic E-state index is -0.291. The van der Waals surface area contributed by atoms with Gasteiger partial charge in [-0.1, -0.05) is 29.1 Å². The first-order valence-electron chi connectivity index (χ1n) is 9.02. The minimum Gasteiger partial charge on any atom is -0.378 e. The SMILES string of the molecule is Cc1ccc(-c2noc(C(C)Sc3nnc(N4CCOCC4)n3C)n2)cc1F. The molecule has 1 aliphatic rings. The smallest absolute Gasteiger partial charge is 0.240 e. The number of morpholine rings is 1. The summed E-state index contributed by atoms with van der Waals surface area (Å²) in [5.74, 6) is 1.35. The standard InChI is InChI=1S/C18H21FN6O2S/c1-11-4-5-13(10-14(11)19)15-20-16(27-23-15)12(2)28-18-22-21-17(24(18)3)25-6-8-26-9-7-25/h4-5,10,12H,6-9H2,1-3H3. The van der Waals surface area contributed by atoms with Crippen LogP contribution < -0.4 is 4.90 Å². The Kier molecular flexibility index (Phi) is 5.31. The van der Waals surface area contributed by atoms with Crippen molar-refractivity contribution in [3.63, 3.8) is 0 Å². The van der Waals surface area contributed by atoms with E-state index in [0.717, 1.165) is 24.2 Å². The first-order valence-corrected chi connectivity index (χ1v) is 9.90. The van der Waals surface area contributed by atoms with Crippen LogP contribution in [0.3, 0.4) is 0 Å². The number of benzene rings is 1. The second-order valence-corrected chi connectivity index (χ2v) is 7.93. The van der Waals surface area contributed by atoms with Gasteiger partial charge in [-0.25, -0.2) is 4.39 Å². The van der Waals surface area contributed by atoms with Crippen molar-refractivity contribution < 1.29 is 13.7 Å². The molecule has 28 heavy (non-hydrogen) atoms. The summed E-state index contributed by atoms with van der Waals surface area (Å²) in [6, 6.07) is 4.90. The maximum Gasteiger partial charge on any atom is 0.240 e. The molecule has 3 aromatic rings. The van der Waals surface area contributed by atoms with Gasteiger partial charge >= 0.3 is 0 Å². The van der Waals surface area contributed by atoms with Crippen LogP contribution in [0, 0.1) is 12.7 Å². The number of ether oxygens (including phenoxy) is 1.